The summed E-state index contributed by atoms with van der Waals surface area (Å²) in [5, 5.41) is 0. The van der Waals surface area contributed by atoms with E-state index in [1.807, 2.05) is 0 Å². The van der Waals surface area contributed by atoms with E-state index in [9.17, 15) is 13.2 Å². The topological polar surface area (TPSA) is 12.5 Å². The summed E-state index contributed by atoms with van der Waals surface area (Å²) in [6.45, 7) is 5.03. The van der Waals surface area contributed by atoms with Crippen molar-refractivity contribution < 1.29 is 17.9 Å². The summed E-state index contributed by atoms with van der Waals surface area (Å²) in [6, 6.07) is -1.33. The molecular formula is C13H22F3NO. The average Bonchev–Trinajstić information content (AvgIpc) is 2.28. The lowest BCUT2D eigenvalue weighted by Gasteiger charge is -2.45. The summed E-state index contributed by atoms with van der Waals surface area (Å²) in [7, 11) is 0. The molecule has 1 aliphatic heterocycles. The normalized spacial score (nSPS) is 31.5. The Kier molecular flexibility index (Phi) is 3.93. The lowest BCUT2D eigenvalue weighted by atomic mass is 9.75. The number of ether oxygens (including phenoxy) is 1. The molecule has 0 aromatic carbocycles. The van der Waals surface area contributed by atoms with Crippen molar-refractivity contribution in [2.75, 3.05) is 19.8 Å². The first kappa shape index (κ1) is 14.1. The molecule has 18 heavy (non-hydrogen) atoms. The molecule has 106 valence electrons. The van der Waals surface area contributed by atoms with Crippen LogP contribution in [0, 0.1) is 5.41 Å². The summed E-state index contributed by atoms with van der Waals surface area (Å²) < 4.78 is 43.9. The van der Waals surface area contributed by atoms with Crippen LogP contribution >= 0.6 is 0 Å². The van der Waals surface area contributed by atoms with Crippen LogP contribution in [0.25, 0.3) is 0 Å². The molecule has 1 aliphatic carbocycles. The van der Waals surface area contributed by atoms with Crippen LogP contribution in [0.4, 0.5) is 13.2 Å². The van der Waals surface area contributed by atoms with Gasteiger partial charge in [0.25, 0.3) is 0 Å². The van der Waals surface area contributed by atoms with Crippen molar-refractivity contribution in [3.05, 3.63) is 0 Å². The van der Waals surface area contributed by atoms with Crippen LogP contribution in [-0.4, -0.2) is 42.9 Å². The molecule has 0 radical (unpaired) electrons. The molecule has 0 amide bonds. The highest BCUT2D eigenvalue weighted by Gasteiger charge is 2.47. The third kappa shape index (κ3) is 3.18. The molecule has 5 heteroatoms. The first-order chi connectivity index (χ1) is 8.30. The van der Waals surface area contributed by atoms with Crippen molar-refractivity contribution in [1.82, 2.24) is 4.90 Å². The lowest BCUT2D eigenvalue weighted by molar-refractivity contribution is -0.220. The molecule has 0 bridgehead atoms. The third-order valence-corrected chi connectivity index (χ3v) is 4.33. The van der Waals surface area contributed by atoms with Gasteiger partial charge in [0.2, 0.25) is 0 Å². The fourth-order valence-electron chi connectivity index (χ4n) is 3.05. The molecule has 0 spiro atoms. The van der Waals surface area contributed by atoms with E-state index in [1.165, 1.54) is 0 Å². The van der Waals surface area contributed by atoms with E-state index in [0.717, 1.165) is 25.7 Å². The van der Waals surface area contributed by atoms with Gasteiger partial charge in [-0.3, -0.25) is 4.90 Å². The van der Waals surface area contributed by atoms with Crippen LogP contribution in [0.1, 0.15) is 39.5 Å². The first-order valence-corrected chi connectivity index (χ1v) is 6.70. The van der Waals surface area contributed by atoms with Gasteiger partial charge in [0.05, 0.1) is 13.2 Å². The third-order valence-electron chi connectivity index (χ3n) is 4.33. The number of hydrogen-bond acceptors (Lipinski definition) is 2. The molecule has 0 aromatic heterocycles. The number of nitrogens with zero attached hydrogens (tertiary/aromatic N) is 1. The molecule has 2 rings (SSSR count). The summed E-state index contributed by atoms with van der Waals surface area (Å²) in [4.78, 5) is 1.64. The Hall–Kier alpha value is -0.290. The quantitative estimate of drug-likeness (QED) is 0.722. The summed E-state index contributed by atoms with van der Waals surface area (Å²) in [5.74, 6) is 0. The van der Waals surface area contributed by atoms with Crippen molar-refractivity contribution in [2.45, 2.75) is 57.8 Å². The van der Waals surface area contributed by atoms with E-state index in [1.54, 1.807) is 4.90 Å². The minimum Gasteiger partial charge on any atom is -0.378 e. The van der Waals surface area contributed by atoms with Gasteiger partial charge in [0.1, 0.15) is 6.04 Å². The molecule has 1 heterocycles. The number of rotatable bonds is 1. The first-order valence-electron chi connectivity index (χ1n) is 6.70. The Balaban J connectivity index is 2.02. The molecule has 1 unspecified atom stereocenters. The van der Waals surface area contributed by atoms with E-state index in [4.69, 9.17) is 4.74 Å². The largest absolute Gasteiger partial charge is 0.406 e. The second-order valence-corrected chi connectivity index (χ2v) is 6.27. The minimum atomic E-state index is -4.17. The van der Waals surface area contributed by atoms with Gasteiger partial charge in [-0.25, -0.2) is 0 Å². The van der Waals surface area contributed by atoms with Gasteiger partial charge in [-0.15, -0.1) is 0 Å². The number of hydrogen-bond donors (Lipinski definition) is 0. The van der Waals surface area contributed by atoms with Gasteiger partial charge in [0.15, 0.2) is 0 Å². The second-order valence-electron chi connectivity index (χ2n) is 6.27. The Morgan fingerprint density at radius 3 is 2.33 bits per heavy atom. The van der Waals surface area contributed by atoms with Gasteiger partial charge in [-0.05, 0) is 31.1 Å². The van der Waals surface area contributed by atoms with Crippen molar-refractivity contribution in [3.63, 3.8) is 0 Å². The van der Waals surface area contributed by atoms with E-state index >= 15 is 0 Å². The molecule has 2 nitrogen and oxygen atoms in total. The highest BCUT2D eigenvalue weighted by molar-refractivity contribution is 4.90. The van der Waals surface area contributed by atoms with Crippen LogP contribution in [0.2, 0.25) is 0 Å². The molecule has 2 fully saturated rings. The molecule has 0 N–H and O–H groups in total. The van der Waals surface area contributed by atoms with Gasteiger partial charge >= 0.3 is 6.18 Å². The Labute approximate surface area is 106 Å². The van der Waals surface area contributed by atoms with E-state index < -0.39 is 12.2 Å². The van der Waals surface area contributed by atoms with Gasteiger partial charge < -0.3 is 4.74 Å². The fourth-order valence-corrected chi connectivity index (χ4v) is 3.05. The Bertz CT molecular complexity index is 280. The average molecular weight is 265 g/mol. The predicted molar refractivity (Wildman–Crippen MR) is 63.4 cm³/mol. The summed E-state index contributed by atoms with van der Waals surface area (Å²) in [5.41, 5.74) is 0.288. The summed E-state index contributed by atoms with van der Waals surface area (Å²) >= 11 is 0. The monoisotopic (exact) mass is 265 g/mol. The highest BCUT2D eigenvalue weighted by atomic mass is 19.4. The predicted octanol–water partition coefficient (Wildman–Crippen LogP) is 3.22. The molecular weight excluding hydrogens is 243 g/mol. The fraction of sp³-hybridized carbons (Fsp3) is 1.00. The van der Waals surface area contributed by atoms with Crippen molar-refractivity contribution in [1.29, 1.82) is 0 Å². The van der Waals surface area contributed by atoms with Crippen molar-refractivity contribution in [2.24, 2.45) is 5.41 Å². The maximum Gasteiger partial charge on any atom is 0.406 e. The number of alkyl halides is 3. The Morgan fingerprint density at radius 1 is 1.17 bits per heavy atom. The molecule has 1 saturated heterocycles. The maximum absolute atomic E-state index is 13.0. The van der Waals surface area contributed by atoms with Gasteiger partial charge in [-0.1, -0.05) is 13.8 Å². The SMILES string of the molecule is CC1(C)CCC(N2CCOCC2C(F)(F)F)CC1. The zero-order valence-electron chi connectivity index (χ0n) is 11.1. The standard InChI is InChI=1S/C13H22F3NO/c1-12(2)5-3-10(4-6-12)17-7-8-18-9-11(17)13(14,15)16/h10-11H,3-9H2,1-2H3. The van der Waals surface area contributed by atoms with Crippen molar-refractivity contribution >= 4 is 0 Å². The van der Waals surface area contributed by atoms with Crippen LogP contribution in [0.15, 0.2) is 0 Å². The molecule has 1 saturated carbocycles. The number of halogens is 3. The zero-order valence-corrected chi connectivity index (χ0v) is 11.1. The van der Waals surface area contributed by atoms with Crippen LogP contribution in [-0.2, 0) is 4.74 Å². The minimum absolute atomic E-state index is 0.0774. The smallest absolute Gasteiger partial charge is 0.378 e. The molecule has 0 aromatic rings. The Morgan fingerprint density at radius 2 is 1.78 bits per heavy atom. The van der Waals surface area contributed by atoms with E-state index in [2.05, 4.69) is 13.8 Å². The second kappa shape index (κ2) is 5.00. The van der Waals surface area contributed by atoms with Crippen LogP contribution in [0.5, 0.6) is 0 Å². The van der Waals surface area contributed by atoms with E-state index in [-0.39, 0.29) is 18.1 Å². The molecule has 2 aliphatic rings. The molecule has 1 atom stereocenters. The van der Waals surface area contributed by atoms with Crippen LogP contribution in [0.3, 0.4) is 0 Å². The number of morpholine rings is 1. The zero-order chi connectivity index (χ0) is 13.4. The van der Waals surface area contributed by atoms with Crippen molar-refractivity contribution in [3.8, 4) is 0 Å². The van der Waals surface area contributed by atoms with Crippen LogP contribution < -0.4 is 0 Å². The van der Waals surface area contributed by atoms with Gasteiger partial charge in [0, 0.05) is 12.6 Å². The maximum atomic E-state index is 13.0. The highest BCUT2D eigenvalue weighted by Crippen LogP contribution is 2.39. The lowest BCUT2D eigenvalue weighted by Crippen LogP contribution is -2.57. The summed E-state index contributed by atoms with van der Waals surface area (Å²) in [6.07, 6.45) is -0.397. The van der Waals surface area contributed by atoms with E-state index in [0.29, 0.717) is 13.2 Å². The van der Waals surface area contributed by atoms with Gasteiger partial charge in [-0.2, -0.15) is 13.2 Å².